The minimum Gasteiger partial charge on any atom is -0.462 e. The molecular weight excluding hydrogens is 817 g/mol. The summed E-state index contributed by atoms with van der Waals surface area (Å²) in [5, 5.41) is 0. The quantitative estimate of drug-likeness (QED) is 0.0262. The van der Waals surface area contributed by atoms with Crippen molar-refractivity contribution in [1.29, 1.82) is 0 Å². The van der Waals surface area contributed by atoms with E-state index < -0.39 is 12.1 Å². The molecule has 0 heterocycles. The van der Waals surface area contributed by atoms with E-state index in [0.717, 1.165) is 96.3 Å². The van der Waals surface area contributed by atoms with Gasteiger partial charge in [0.25, 0.3) is 0 Å². The van der Waals surface area contributed by atoms with Crippen LogP contribution in [0.3, 0.4) is 0 Å². The highest BCUT2D eigenvalue weighted by atomic mass is 16.6. The molecule has 0 aromatic heterocycles. The van der Waals surface area contributed by atoms with Gasteiger partial charge in [-0.15, -0.1) is 0 Å². The van der Waals surface area contributed by atoms with E-state index in [1.54, 1.807) is 0 Å². The molecular formula is C60H92O6. The van der Waals surface area contributed by atoms with E-state index in [9.17, 15) is 14.4 Å². The third-order valence-electron chi connectivity index (χ3n) is 10.1. The van der Waals surface area contributed by atoms with Crippen molar-refractivity contribution in [3.8, 4) is 0 Å². The SMILES string of the molecule is CC/C=C\C/C=C\C/C=C\C/C=C\C/C=C\C/C=C\CCC(=O)OC[C@@H](COC(=O)CCCCCCCCCCCC)OC(=O)CC/C=C\C/C=C\C/C=C\C/C=C\C/C=C\C/C=C\CC. The molecule has 0 amide bonds. The zero-order chi connectivity index (χ0) is 47.9. The Morgan fingerprint density at radius 1 is 0.318 bits per heavy atom. The number of unbranched alkanes of at least 4 members (excludes halogenated alkanes) is 9. The van der Waals surface area contributed by atoms with Gasteiger partial charge in [0.2, 0.25) is 0 Å². The zero-order valence-corrected chi connectivity index (χ0v) is 41.9. The number of allylic oxidation sites excluding steroid dienone is 24. The lowest BCUT2D eigenvalue weighted by atomic mass is 10.1. The third kappa shape index (κ3) is 50.3. The average molecular weight is 909 g/mol. The monoisotopic (exact) mass is 909 g/mol. The van der Waals surface area contributed by atoms with Crippen molar-refractivity contribution in [2.75, 3.05) is 13.2 Å². The van der Waals surface area contributed by atoms with Crippen molar-refractivity contribution < 1.29 is 28.6 Å². The maximum Gasteiger partial charge on any atom is 0.306 e. The Labute approximate surface area is 404 Å². The predicted octanol–water partition coefficient (Wildman–Crippen LogP) is 17.3. The number of hydrogen-bond donors (Lipinski definition) is 0. The first-order valence-corrected chi connectivity index (χ1v) is 25.8. The second kappa shape index (κ2) is 52.9. The van der Waals surface area contributed by atoms with E-state index >= 15 is 0 Å². The molecule has 0 aliphatic carbocycles. The first-order valence-electron chi connectivity index (χ1n) is 25.8. The van der Waals surface area contributed by atoms with Crippen LogP contribution in [0.1, 0.15) is 194 Å². The fourth-order valence-corrected chi connectivity index (χ4v) is 6.32. The van der Waals surface area contributed by atoms with Gasteiger partial charge in [-0.1, -0.05) is 224 Å². The fraction of sp³-hybridized carbons (Fsp3) is 0.550. The Morgan fingerprint density at radius 3 is 0.924 bits per heavy atom. The van der Waals surface area contributed by atoms with Gasteiger partial charge in [0.05, 0.1) is 0 Å². The van der Waals surface area contributed by atoms with Crippen LogP contribution in [0.25, 0.3) is 0 Å². The van der Waals surface area contributed by atoms with Gasteiger partial charge in [0, 0.05) is 19.3 Å². The lowest BCUT2D eigenvalue weighted by Crippen LogP contribution is -2.30. The van der Waals surface area contributed by atoms with Crippen molar-refractivity contribution >= 4 is 17.9 Å². The van der Waals surface area contributed by atoms with E-state index in [1.807, 2.05) is 24.3 Å². The highest BCUT2D eigenvalue weighted by molar-refractivity contribution is 5.71. The number of carbonyl (C=O) groups is 3. The molecule has 0 unspecified atom stereocenters. The first kappa shape index (κ1) is 61.3. The van der Waals surface area contributed by atoms with E-state index in [2.05, 4.69) is 142 Å². The molecule has 0 spiro atoms. The molecule has 0 saturated heterocycles. The van der Waals surface area contributed by atoms with Gasteiger partial charge in [-0.2, -0.15) is 0 Å². The van der Waals surface area contributed by atoms with Gasteiger partial charge in [0.1, 0.15) is 13.2 Å². The van der Waals surface area contributed by atoms with Gasteiger partial charge >= 0.3 is 17.9 Å². The summed E-state index contributed by atoms with van der Waals surface area (Å²) in [4.78, 5) is 37.9. The lowest BCUT2D eigenvalue weighted by Gasteiger charge is -2.18. The molecule has 0 aromatic rings. The minimum absolute atomic E-state index is 0.136. The molecule has 0 bridgehead atoms. The van der Waals surface area contributed by atoms with E-state index in [4.69, 9.17) is 14.2 Å². The van der Waals surface area contributed by atoms with Crippen molar-refractivity contribution in [3.05, 3.63) is 146 Å². The summed E-state index contributed by atoms with van der Waals surface area (Å²) in [6, 6.07) is 0. The summed E-state index contributed by atoms with van der Waals surface area (Å²) >= 11 is 0. The Hall–Kier alpha value is -4.71. The Bertz CT molecular complexity index is 1510. The minimum atomic E-state index is -0.853. The van der Waals surface area contributed by atoms with E-state index in [-0.39, 0.29) is 38.0 Å². The second-order valence-electron chi connectivity index (χ2n) is 16.3. The highest BCUT2D eigenvalue weighted by Gasteiger charge is 2.19. The van der Waals surface area contributed by atoms with Gasteiger partial charge in [0.15, 0.2) is 6.10 Å². The molecule has 0 aliphatic heterocycles. The number of hydrogen-bond acceptors (Lipinski definition) is 6. The van der Waals surface area contributed by atoms with E-state index in [0.29, 0.717) is 19.3 Å². The molecule has 1 atom stereocenters. The van der Waals surface area contributed by atoms with Crippen LogP contribution < -0.4 is 0 Å². The third-order valence-corrected chi connectivity index (χ3v) is 10.1. The molecule has 6 nitrogen and oxygen atoms in total. The number of carbonyl (C=O) groups excluding carboxylic acids is 3. The summed E-state index contributed by atoms with van der Waals surface area (Å²) in [6.07, 6.45) is 75.7. The molecule has 0 fully saturated rings. The summed E-state index contributed by atoms with van der Waals surface area (Å²) in [7, 11) is 0. The average Bonchev–Trinajstić information content (AvgIpc) is 3.31. The van der Waals surface area contributed by atoms with Crippen molar-refractivity contribution in [2.24, 2.45) is 0 Å². The number of rotatable bonds is 44. The van der Waals surface area contributed by atoms with Crippen LogP contribution in [0.2, 0.25) is 0 Å². The molecule has 66 heavy (non-hydrogen) atoms. The summed E-state index contributed by atoms with van der Waals surface area (Å²) < 4.78 is 16.6. The van der Waals surface area contributed by atoms with Crippen molar-refractivity contribution in [2.45, 2.75) is 200 Å². The van der Waals surface area contributed by atoms with Crippen LogP contribution >= 0.6 is 0 Å². The molecule has 0 aromatic carbocycles. The fourth-order valence-electron chi connectivity index (χ4n) is 6.32. The molecule has 368 valence electrons. The van der Waals surface area contributed by atoms with E-state index in [1.165, 1.54) is 44.9 Å². The topological polar surface area (TPSA) is 78.9 Å². The van der Waals surface area contributed by atoms with Crippen LogP contribution in [-0.4, -0.2) is 37.2 Å². The maximum absolute atomic E-state index is 12.8. The van der Waals surface area contributed by atoms with Crippen LogP contribution in [0.5, 0.6) is 0 Å². The lowest BCUT2D eigenvalue weighted by molar-refractivity contribution is -0.166. The van der Waals surface area contributed by atoms with Crippen LogP contribution in [-0.2, 0) is 28.6 Å². The van der Waals surface area contributed by atoms with Gasteiger partial charge < -0.3 is 14.2 Å². The molecule has 0 aliphatic rings. The highest BCUT2D eigenvalue weighted by Crippen LogP contribution is 2.12. The Morgan fingerprint density at radius 2 is 0.591 bits per heavy atom. The Balaban J connectivity index is 4.62. The van der Waals surface area contributed by atoms with Gasteiger partial charge in [-0.25, -0.2) is 0 Å². The number of ether oxygens (including phenoxy) is 3. The summed E-state index contributed by atoms with van der Waals surface area (Å²) in [5.74, 6) is -1.12. The summed E-state index contributed by atoms with van der Waals surface area (Å²) in [6.45, 7) is 6.24. The maximum atomic E-state index is 12.8. The molecule has 6 heteroatoms. The Kier molecular flexibility index (Phi) is 49.1. The smallest absolute Gasteiger partial charge is 0.306 e. The molecule has 0 rings (SSSR count). The van der Waals surface area contributed by atoms with Gasteiger partial charge in [-0.3, -0.25) is 14.4 Å². The van der Waals surface area contributed by atoms with Crippen LogP contribution in [0, 0.1) is 0 Å². The summed E-state index contributed by atoms with van der Waals surface area (Å²) in [5.41, 5.74) is 0. The normalized spacial score (nSPS) is 13.3. The van der Waals surface area contributed by atoms with Crippen LogP contribution in [0.15, 0.2) is 146 Å². The number of esters is 3. The second-order valence-corrected chi connectivity index (χ2v) is 16.3. The molecule has 0 N–H and O–H groups in total. The van der Waals surface area contributed by atoms with Crippen molar-refractivity contribution in [1.82, 2.24) is 0 Å². The first-order chi connectivity index (χ1) is 32.5. The van der Waals surface area contributed by atoms with Crippen LogP contribution in [0.4, 0.5) is 0 Å². The van der Waals surface area contributed by atoms with Gasteiger partial charge in [-0.05, 0) is 96.3 Å². The predicted molar refractivity (Wildman–Crippen MR) is 283 cm³/mol. The standard InChI is InChI=1S/C60H92O6/c1-4-7-10-13-16-19-22-24-26-28-30-32-34-36-38-41-44-47-50-53-59(62)65-56-57(55-64-58(61)52-49-46-43-40-21-18-15-12-9-6-3)66-60(63)54-51-48-45-42-39-37-35-33-31-29-27-25-23-20-17-14-11-8-5-2/h7-8,10-11,16-17,19-20,24-27,30-33,36-39,44-45,47-48,57H,4-6,9,12-15,18,21-23,28-29,34-35,40-43,46,49-56H2,1-3H3/b10-7-,11-8-,19-16-,20-17-,26-24-,27-25-,32-30-,33-31-,38-36-,39-37-,47-44-,48-45-/t57-/m1/s1. The van der Waals surface area contributed by atoms with Crippen molar-refractivity contribution in [3.63, 3.8) is 0 Å². The molecule has 0 saturated carbocycles. The largest absolute Gasteiger partial charge is 0.462 e. The molecule has 0 radical (unpaired) electrons. The zero-order valence-electron chi connectivity index (χ0n) is 41.9.